The first-order valence-corrected chi connectivity index (χ1v) is 10.8. The summed E-state index contributed by atoms with van der Waals surface area (Å²) in [4.78, 5) is 11.2. The van der Waals surface area contributed by atoms with Crippen molar-refractivity contribution in [3.8, 4) is 0 Å². The minimum Gasteiger partial charge on any atom is -0.386 e. The van der Waals surface area contributed by atoms with Gasteiger partial charge in [-0.2, -0.15) is 18.6 Å². The van der Waals surface area contributed by atoms with Crippen LogP contribution in [-0.2, 0) is 11.8 Å². The Balaban J connectivity index is 2.02. The maximum absolute atomic E-state index is 13.4. The molecule has 1 N–H and O–H groups in total. The van der Waals surface area contributed by atoms with Crippen LogP contribution in [0.2, 0.25) is 0 Å². The Morgan fingerprint density at radius 1 is 1.36 bits per heavy atom. The molecule has 0 unspecified atom stereocenters. The molecule has 28 heavy (non-hydrogen) atoms. The number of fused-ring (bicyclic) bond motifs is 3. The number of nitrogens with zero attached hydrogens (tertiary/aromatic N) is 6. The quantitative estimate of drug-likeness (QED) is 0.321. The number of ether oxygens (including phenoxy) is 1. The van der Waals surface area contributed by atoms with E-state index in [9.17, 15) is 13.9 Å². The maximum Gasteiger partial charge on any atom is 0.334 e. The van der Waals surface area contributed by atoms with Crippen molar-refractivity contribution in [1.29, 1.82) is 0 Å². The molecule has 3 aromatic rings. The largest absolute Gasteiger partial charge is 0.386 e. The maximum atomic E-state index is 13.4. The third-order valence-electron chi connectivity index (χ3n) is 4.69. The van der Waals surface area contributed by atoms with Crippen LogP contribution in [0.1, 0.15) is 13.5 Å². The fourth-order valence-corrected chi connectivity index (χ4v) is 4.77. The van der Waals surface area contributed by atoms with Gasteiger partial charge in [-0.05, 0) is 35.8 Å². The minimum absolute atomic E-state index is 0.217. The molecule has 1 fully saturated rings. The number of hydrogen-bond donors (Lipinski definition) is 1. The lowest BCUT2D eigenvalue weighted by Gasteiger charge is -2.28. The zero-order chi connectivity index (χ0) is 20.2. The van der Waals surface area contributed by atoms with Crippen molar-refractivity contribution in [2.45, 2.75) is 24.2 Å². The van der Waals surface area contributed by atoms with Crippen molar-refractivity contribution < 1.29 is 18.6 Å². The normalized spacial score (nSPS) is 21.2. The number of anilines is 1. The number of halogens is 3. The number of thioether (sulfide) groups is 1. The molecular formula is C16H19F2IN6O2S. The van der Waals surface area contributed by atoms with Crippen LogP contribution >= 0.6 is 34.4 Å². The van der Waals surface area contributed by atoms with Crippen LogP contribution in [0.25, 0.3) is 22.1 Å². The monoisotopic (exact) mass is 524 g/mol. The molecule has 1 aliphatic heterocycles. The summed E-state index contributed by atoms with van der Waals surface area (Å²) in [6, 6.07) is 0. The van der Waals surface area contributed by atoms with Crippen molar-refractivity contribution >= 4 is 62.2 Å². The molecule has 1 saturated heterocycles. The average Bonchev–Trinajstić information content (AvgIpc) is 3.04. The standard InChI is InChI=1S/C16H19F2IN6O2S/c1-16(26)6-24(4-5-27-7-16)13-8-9-10(11(19)25(22-9)14(17)18)23(2)12(8)20-15(21-13)28-3/h14,26H,4-7H2,1-3H3/t16-/m0/s1. The van der Waals surface area contributed by atoms with E-state index in [1.165, 1.54) is 11.8 Å². The van der Waals surface area contributed by atoms with E-state index in [4.69, 9.17) is 4.74 Å². The van der Waals surface area contributed by atoms with Gasteiger partial charge in [-0.15, -0.1) is 0 Å². The molecule has 152 valence electrons. The Kier molecular flexibility index (Phi) is 5.17. The molecule has 12 heteroatoms. The Labute approximate surface area is 177 Å². The van der Waals surface area contributed by atoms with Crippen molar-refractivity contribution in [3.05, 3.63) is 3.70 Å². The molecular weight excluding hydrogens is 505 g/mol. The Hall–Kier alpha value is -1.25. The second-order valence-electron chi connectivity index (χ2n) is 6.97. The third kappa shape index (κ3) is 3.23. The highest BCUT2D eigenvalue weighted by molar-refractivity contribution is 14.1. The molecule has 1 aliphatic rings. The van der Waals surface area contributed by atoms with E-state index in [1.54, 1.807) is 18.5 Å². The van der Waals surface area contributed by atoms with Crippen molar-refractivity contribution in [3.63, 3.8) is 0 Å². The second kappa shape index (κ2) is 7.22. The predicted octanol–water partition coefficient (Wildman–Crippen LogP) is 2.63. The van der Waals surface area contributed by atoms with Gasteiger partial charge in [-0.3, -0.25) is 0 Å². The highest BCUT2D eigenvalue weighted by Crippen LogP contribution is 2.37. The molecule has 0 amide bonds. The summed E-state index contributed by atoms with van der Waals surface area (Å²) in [6.45, 7) is 0.421. The van der Waals surface area contributed by atoms with E-state index in [1.807, 2.05) is 33.7 Å². The van der Waals surface area contributed by atoms with Crippen molar-refractivity contribution in [2.24, 2.45) is 7.05 Å². The lowest BCUT2D eigenvalue weighted by atomic mass is 10.1. The fraction of sp³-hybridized carbons (Fsp3) is 0.562. The Morgan fingerprint density at radius 3 is 2.79 bits per heavy atom. The summed E-state index contributed by atoms with van der Waals surface area (Å²) in [6.07, 6.45) is 1.88. The van der Waals surface area contributed by atoms with E-state index in [-0.39, 0.29) is 6.61 Å². The average molecular weight is 524 g/mol. The lowest BCUT2D eigenvalue weighted by molar-refractivity contribution is -0.0123. The summed E-state index contributed by atoms with van der Waals surface area (Å²) in [5.41, 5.74) is 0.575. The van der Waals surface area contributed by atoms with E-state index >= 15 is 0 Å². The number of rotatable bonds is 3. The van der Waals surface area contributed by atoms with Crippen LogP contribution in [0.3, 0.4) is 0 Å². The topological polar surface area (TPSA) is 81.2 Å². The first kappa shape index (κ1) is 20.0. The van der Waals surface area contributed by atoms with Gasteiger partial charge in [-0.25, -0.2) is 9.97 Å². The van der Waals surface area contributed by atoms with Crippen LogP contribution < -0.4 is 4.90 Å². The van der Waals surface area contributed by atoms with Crippen LogP contribution in [0.15, 0.2) is 5.16 Å². The van der Waals surface area contributed by atoms with Gasteiger partial charge in [0.15, 0.2) is 5.16 Å². The number of alkyl halides is 2. The highest BCUT2D eigenvalue weighted by Gasteiger charge is 2.32. The number of β-amino-alcohol motifs (C(OH)–C–C–N with tert-alkyl or cyclic N) is 1. The van der Waals surface area contributed by atoms with Gasteiger partial charge in [0, 0.05) is 13.6 Å². The van der Waals surface area contributed by atoms with Crippen molar-refractivity contribution in [2.75, 3.05) is 37.5 Å². The summed E-state index contributed by atoms with van der Waals surface area (Å²) in [5.74, 6) is 0.570. The van der Waals surface area contributed by atoms with Gasteiger partial charge in [0.1, 0.15) is 31.8 Å². The first-order chi connectivity index (χ1) is 13.2. The first-order valence-electron chi connectivity index (χ1n) is 8.55. The van der Waals surface area contributed by atoms with Crippen LogP contribution in [0.5, 0.6) is 0 Å². The van der Waals surface area contributed by atoms with Crippen molar-refractivity contribution in [1.82, 2.24) is 24.3 Å². The lowest BCUT2D eigenvalue weighted by Crippen LogP contribution is -2.42. The minimum atomic E-state index is -2.74. The zero-order valence-electron chi connectivity index (χ0n) is 15.5. The number of aliphatic hydroxyl groups is 1. The van der Waals surface area contributed by atoms with Crippen LogP contribution in [-0.4, -0.2) is 67.6 Å². The fourth-order valence-electron chi connectivity index (χ4n) is 3.48. The van der Waals surface area contributed by atoms with E-state index in [0.717, 1.165) is 0 Å². The summed E-state index contributed by atoms with van der Waals surface area (Å²) in [7, 11) is 1.78. The molecule has 0 spiro atoms. The molecule has 0 aliphatic carbocycles. The number of aromatic nitrogens is 5. The molecule has 8 nitrogen and oxygen atoms in total. The van der Waals surface area contributed by atoms with E-state index in [0.29, 0.717) is 61.1 Å². The molecule has 3 aromatic heterocycles. The summed E-state index contributed by atoms with van der Waals surface area (Å²) >= 11 is 3.28. The molecule has 4 heterocycles. The third-order valence-corrected chi connectivity index (χ3v) is 6.24. The molecule has 0 saturated carbocycles. The van der Waals surface area contributed by atoms with Gasteiger partial charge in [-0.1, -0.05) is 11.8 Å². The molecule has 4 rings (SSSR count). The van der Waals surface area contributed by atoms with Gasteiger partial charge in [0.2, 0.25) is 0 Å². The predicted molar refractivity (Wildman–Crippen MR) is 111 cm³/mol. The summed E-state index contributed by atoms with van der Waals surface area (Å²) in [5, 5.41) is 15.9. The van der Waals surface area contributed by atoms with Crippen LogP contribution in [0.4, 0.5) is 14.6 Å². The number of hydrogen-bond acceptors (Lipinski definition) is 7. The molecule has 0 radical (unpaired) electrons. The van der Waals surface area contributed by atoms with Crippen LogP contribution in [0, 0.1) is 3.70 Å². The Morgan fingerprint density at radius 2 is 2.11 bits per heavy atom. The SMILES string of the molecule is CSc1nc(N2CCOC[C@@](C)(O)C2)c2c3nn(C(F)F)c(I)c3n(C)c2n1. The van der Waals surface area contributed by atoms with E-state index < -0.39 is 12.2 Å². The summed E-state index contributed by atoms with van der Waals surface area (Å²) < 4.78 is 35.1. The Bertz CT molecular complexity index is 1050. The zero-order valence-corrected chi connectivity index (χ0v) is 18.5. The van der Waals surface area contributed by atoms with E-state index in [2.05, 4.69) is 15.1 Å². The number of aryl methyl sites for hydroxylation is 1. The molecule has 0 aromatic carbocycles. The molecule has 0 bridgehead atoms. The van der Waals surface area contributed by atoms with Gasteiger partial charge in [0.25, 0.3) is 0 Å². The highest BCUT2D eigenvalue weighted by atomic mass is 127. The van der Waals surface area contributed by atoms with Gasteiger partial charge in [0.05, 0.1) is 25.1 Å². The van der Waals surface area contributed by atoms with Gasteiger partial charge < -0.3 is 19.3 Å². The van der Waals surface area contributed by atoms with Gasteiger partial charge >= 0.3 is 6.55 Å². The second-order valence-corrected chi connectivity index (χ2v) is 8.77. The smallest absolute Gasteiger partial charge is 0.334 e. The molecule has 1 atom stereocenters.